The standard InChI is InChI=1S/C13H17NO5S/c1-13(2,12(16)17)8-14-11(15)9-5-4-6-10(7-9)20(3,18)19/h4-7H,8H2,1-3H3,(H,14,15)(H,16,17). The summed E-state index contributed by atoms with van der Waals surface area (Å²) >= 11 is 0. The van der Waals surface area contributed by atoms with Gasteiger partial charge >= 0.3 is 5.97 Å². The van der Waals surface area contributed by atoms with E-state index in [4.69, 9.17) is 5.11 Å². The Labute approximate surface area is 117 Å². The van der Waals surface area contributed by atoms with Crippen LogP contribution in [0.1, 0.15) is 24.2 Å². The third kappa shape index (κ3) is 4.06. The summed E-state index contributed by atoms with van der Waals surface area (Å²) in [6, 6.07) is 5.59. The van der Waals surface area contributed by atoms with Crippen LogP contribution >= 0.6 is 0 Å². The Morgan fingerprint density at radius 1 is 1.30 bits per heavy atom. The monoisotopic (exact) mass is 299 g/mol. The maximum atomic E-state index is 11.9. The van der Waals surface area contributed by atoms with Crippen LogP contribution in [-0.2, 0) is 14.6 Å². The molecule has 110 valence electrons. The molecule has 0 atom stereocenters. The molecule has 0 aromatic heterocycles. The minimum absolute atomic E-state index is 0.0441. The zero-order chi connectivity index (χ0) is 15.6. The second-order valence-electron chi connectivity index (χ2n) is 5.17. The van der Waals surface area contributed by atoms with E-state index in [1.807, 2.05) is 0 Å². The zero-order valence-electron chi connectivity index (χ0n) is 11.5. The van der Waals surface area contributed by atoms with Gasteiger partial charge in [0.2, 0.25) is 0 Å². The minimum atomic E-state index is -3.39. The average molecular weight is 299 g/mol. The lowest BCUT2D eigenvalue weighted by molar-refractivity contribution is -0.146. The third-order valence-corrected chi connectivity index (χ3v) is 3.90. The molecule has 0 aliphatic heterocycles. The maximum absolute atomic E-state index is 11.9. The van der Waals surface area contributed by atoms with Crippen molar-refractivity contribution < 1.29 is 23.1 Å². The molecule has 0 radical (unpaired) electrons. The molecule has 1 amide bonds. The van der Waals surface area contributed by atoms with Gasteiger partial charge in [0.1, 0.15) is 0 Å². The molecule has 0 fully saturated rings. The smallest absolute Gasteiger partial charge is 0.310 e. The number of carbonyl (C=O) groups is 2. The summed E-state index contributed by atoms with van der Waals surface area (Å²) in [6.07, 6.45) is 1.05. The van der Waals surface area contributed by atoms with E-state index < -0.39 is 27.1 Å². The summed E-state index contributed by atoms with van der Waals surface area (Å²) in [5, 5.41) is 11.4. The van der Waals surface area contributed by atoms with Gasteiger partial charge < -0.3 is 10.4 Å². The lowest BCUT2D eigenvalue weighted by atomic mass is 9.94. The minimum Gasteiger partial charge on any atom is -0.481 e. The van der Waals surface area contributed by atoms with Crippen LogP contribution in [0.2, 0.25) is 0 Å². The first-order chi connectivity index (χ1) is 9.04. The molecular weight excluding hydrogens is 282 g/mol. The molecule has 1 aromatic rings. The van der Waals surface area contributed by atoms with Gasteiger partial charge in [0, 0.05) is 18.4 Å². The predicted octanol–water partition coefficient (Wildman–Crippen LogP) is 0.931. The third-order valence-electron chi connectivity index (χ3n) is 2.79. The van der Waals surface area contributed by atoms with Gasteiger partial charge in [-0.2, -0.15) is 0 Å². The molecule has 0 bridgehead atoms. The normalized spacial score (nSPS) is 11.9. The van der Waals surface area contributed by atoms with Crippen LogP contribution in [0.25, 0.3) is 0 Å². The topological polar surface area (TPSA) is 101 Å². The number of aliphatic carboxylic acids is 1. The van der Waals surface area contributed by atoms with Crippen molar-refractivity contribution in [2.24, 2.45) is 5.41 Å². The van der Waals surface area contributed by atoms with Gasteiger partial charge in [-0.25, -0.2) is 8.42 Å². The van der Waals surface area contributed by atoms with Crippen molar-refractivity contribution in [3.63, 3.8) is 0 Å². The number of sulfone groups is 1. The van der Waals surface area contributed by atoms with Crippen molar-refractivity contribution in [1.82, 2.24) is 5.32 Å². The van der Waals surface area contributed by atoms with E-state index in [1.54, 1.807) is 0 Å². The van der Waals surface area contributed by atoms with E-state index >= 15 is 0 Å². The van der Waals surface area contributed by atoms with Crippen LogP contribution in [-0.4, -0.2) is 38.2 Å². The second-order valence-corrected chi connectivity index (χ2v) is 7.19. The van der Waals surface area contributed by atoms with E-state index in [1.165, 1.54) is 38.1 Å². The van der Waals surface area contributed by atoms with Crippen LogP contribution in [0.15, 0.2) is 29.2 Å². The van der Waals surface area contributed by atoms with E-state index in [-0.39, 0.29) is 17.0 Å². The summed E-state index contributed by atoms with van der Waals surface area (Å²) in [5.41, 5.74) is -0.918. The number of amides is 1. The van der Waals surface area contributed by atoms with Gasteiger partial charge in [-0.15, -0.1) is 0 Å². The van der Waals surface area contributed by atoms with Gasteiger partial charge in [0.15, 0.2) is 9.84 Å². The lowest BCUT2D eigenvalue weighted by Gasteiger charge is -2.19. The van der Waals surface area contributed by atoms with Gasteiger partial charge in [-0.1, -0.05) is 6.07 Å². The molecule has 20 heavy (non-hydrogen) atoms. The average Bonchev–Trinajstić information content (AvgIpc) is 2.35. The molecule has 0 saturated heterocycles. The van der Waals surface area contributed by atoms with Crippen LogP contribution < -0.4 is 5.32 Å². The van der Waals surface area contributed by atoms with Crippen molar-refractivity contribution in [1.29, 1.82) is 0 Å². The van der Waals surface area contributed by atoms with E-state index in [2.05, 4.69) is 5.32 Å². The molecule has 0 aliphatic carbocycles. The SMILES string of the molecule is CC(C)(CNC(=O)c1cccc(S(C)(=O)=O)c1)C(=O)O. The van der Waals surface area contributed by atoms with Crippen LogP contribution in [0.4, 0.5) is 0 Å². The van der Waals surface area contributed by atoms with E-state index in [0.29, 0.717) is 0 Å². The number of rotatable bonds is 5. The fourth-order valence-electron chi connectivity index (χ4n) is 1.35. The fraction of sp³-hybridized carbons (Fsp3) is 0.385. The highest BCUT2D eigenvalue weighted by Gasteiger charge is 2.27. The number of benzene rings is 1. The molecule has 1 aromatic carbocycles. The zero-order valence-corrected chi connectivity index (χ0v) is 12.3. The Bertz CT molecular complexity index is 634. The van der Waals surface area contributed by atoms with Crippen molar-refractivity contribution in [2.75, 3.05) is 12.8 Å². The first-order valence-electron chi connectivity index (χ1n) is 5.86. The Morgan fingerprint density at radius 2 is 1.90 bits per heavy atom. The van der Waals surface area contributed by atoms with Crippen molar-refractivity contribution >= 4 is 21.7 Å². The molecular formula is C13H17NO5S. The molecule has 0 heterocycles. The van der Waals surface area contributed by atoms with Crippen molar-refractivity contribution in [3.8, 4) is 0 Å². The molecule has 0 saturated carbocycles. The first-order valence-corrected chi connectivity index (χ1v) is 7.75. The lowest BCUT2D eigenvalue weighted by Crippen LogP contribution is -2.38. The Balaban J connectivity index is 2.87. The molecule has 0 aliphatic rings. The molecule has 0 unspecified atom stereocenters. The highest BCUT2D eigenvalue weighted by atomic mass is 32.2. The summed E-state index contributed by atoms with van der Waals surface area (Å²) in [4.78, 5) is 22.9. The predicted molar refractivity (Wildman–Crippen MR) is 73.3 cm³/mol. The Kier molecular flexibility index (Phi) is 4.54. The van der Waals surface area contributed by atoms with Crippen LogP contribution in [0, 0.1) is 5.41 Å². The molecule has 0 spiro atoms. The largest absolute Gasteiger partial charge is 0.481 e. The van der Waals surface area contributed by atoms with Gasteiger partial charge in [-0.05, 0) is 32.0 Å². The summed E-state index contributed by atoms with van der Waals surface area (Å²) < 4.78 is 22.8. The van der Waals surface area contributed by atoms with E-state index in [0.717, 1.165) is 6.26 Å². The Hall–Kier alpha value is -1.89. The van der Waals surface area contributed by atoms with Gasteiger partial charge in [0.25, 0.3) is 5.91 Å². The molecule has 1 rings (SSSR count). The molecule has 6 nitrogen and oxygen atoms in total. The van der Waals surface area contributed by atoms with Crippen LogP contribution in [0.3, 0.4) is 0 Å². The number of hydrogen-bond donors (Lipinski definition) is 2. The highest BCUT2D eigenvalue weighted by Crippen LogP contribution is 2.15. The fourth-order valence-corrected chi connectivity index (χ4v) is 2.01. The van der Waals surface area contributed by atoms with E-state index in [9.17, 15) is 18.0 Å². The first kappa shape index (κ1) is 16.2. The number of carbonyl (C=O) groups excluding carboxylic acids is 1. The Morgan fingerprint density at radius 3 is 2.40 bits per heavy atom. The van der Waals surface area contributed by atoms with Crippen LogP contribution in [0.5, 0.6) is 0 Å². The number of carboxylic acid groups (broad SMARTS) is 1. The molecule has 7 heteroatoms. The maximum Gasteiger partial charge on any atom is 0.310 e. The number of nitrogens with one attached hydrogen (secondary N) is 1. The van der Waals surface area contributed by atoms with Crippen molar-refractivity contribution in [2.45, 2.75) is 18.7 Å². The number of hydrogen-bond acceptors (Lipinski definition) is 4. The van der Waals surface area contributed by atoms with Crippen molar-refractivity contribution in [3.05, 3.63) is 29.8 Å². The summed E-state index contributed by atoms with van der Waals surface area (Å²) in [7, 11) is -3.39. The summed E-state index contributed by atoms with van der Waals surface area (Å²) in [6.45, 7) is 2.93. The quantitative estimate of drug-likeness (QED) is 0.842. The second kappa shape index (κ2) is 5.62. The van der Waals surface area contributed by atoms with Gasteiger partial charge in [-0.3, -0.25) is 9.59 Å². The number of carboxylic acids is 1. The summed E-state index contributed by atoms with van der Waals surface area (Å²) in [5.74, 6) is -1.53. The molecule has 2 N–H and O–H groups in total. The highest BCUT2D eigenvalue weighted by molar-refractivity contribution is 7.90. The van der Waals surface area contributed by atoms with Gasteiger partial charge in [0.05, 0.1) is 10.3 Å².